The zero-order valence-corrected chi connectivity index (χ0v) is 29.5. The van der Waals surface area contributed by atoms with Gasteiger partial charge in [-0.15, -0.1) is 34.0 Å². The lowest BCUT2D eigenvalue weighted by Crippen LogP contribution is -2.11. The molecule has 0 spiro atoms. The molecule has 6 nitrogen and oxygen atoms in total. The van der Waals surface area contributed by atoms with Crippen LogP contribution < -0.4 is 11.1 Å². The van der Waals surface area contributed by atoms with Gasteiger partial charge in [-0.2, -0.15) is 0 Å². The van der Waals surface area contributed by atoms with E-state index >= 15 is 0 Å². The van der Waals surface area contributed by atoms with Crippen molar-refractivity contribution in [1.29, 1.82) is 0 Å². The predicted molar refractivity (Wildman–Crippen MR) is 206 cm³/mol. The number of allylic oxidation sites excluding steroid dienone is 10. The quantitative estimate of drug-likeness (QED) is 0.149. The highest BCUT2D eigenvalue weighted by molar-refractivity contribution is 7.24. The lowest BCUT2D eigenvalue weighted by Gasteiger charge is -2.05. The van der Waals surface area contributed by atoms with Crippen LogP contribution in [0, 0.1) is 6.92 Å². The minimum atomic E-state index is -0.153. The molecule has 0 radical (unpaired) electrons. The SMILES string of the molecule is C\C=C/C=C(\C=C/C)CCc1cc2c(nc3c4ccc(C)c5nc6sc(CCC7=CCCC=C7)cc6n5c(=O)c5cc4c(s5)c(=O)n23)s1. The zero-order chi connectivity index (χ0) is 32.9. The van der Waals surface area contributed by atoms with Crippen molar-refractivity contribution in [2.75, 3.05) is 0 Å². The van der Waals surface area contributed by atoms with Crippen molar-refractivity contribution in [2.24, 2.45) is 0 Å². The zero-order valence-electron chi connectivity index (χ0n) is 27.1. The van der Waals surface area contributed by atoms with Crippen LogP contribution in [0.3, 0.4) is 0 Å². The second-order valence-corrected chi connectivity index (χ2v) is 15.6. The third kappa shape index (κ3) is 5.30. The number of pyridine rings is 1. The smallest absolute Gasteiger partial charge is 0.267 e. The van der Waals surface area contributed by atoms with Crippen molar-refractivity contribution >= 4 is 86.2 Å². The average Bonchev–Trinajstić information content (AvgIpc) is 3.90. The van der Waals surface area contributed by atoms with Crippen LogP contribution in [0.2, 0.25) is 0 Å². The van der Waals surface area contributed by atoms with Gasteiger partial charge in [-0.25, -0.2) is 9.97 Å². The molecule has 1 aliphatic rings. The molecule has 0 aliphatic heterocycles. The van der Waals surface area contributed by atoms with Gasteiger partial charge in [0, 0.05) is 20.5 Å². The molecular weight excluding hydrogens is 653 g/mol. The van der Waals surface area contributed by atoms with E-state index in [4.69, 9.17) is 9.97 Å². The van der Waals surface area contributed by atoms with Crippen molar-refractivity contribution in [3.05, 3.63) is 126 Å². The molecule has 0 unspecified atom stereocenters. The van der Waals surface area contributed by atoms with E-state index in [1.807, 2.05) is 45.0 Å². The first-order chi connectivity index (χ1) is 23.4. The summed E-state index contributed by atoms with van der Waals surface area (Å²) in [5.74, 6) is 0. The average molecular weight is 687 g/mol. The van der Waals surface area contributed by atoms with Crippen LogP contribution in [-0.4, -0.2) is 18.8 Å². The molecule has 0 saturated carbocycles. The summed E-state index contributed by atoms with van der Waals surface area (Å²) in [6, 6.07) is 10.2. The van der Waals surface area contributed by atoms with Crippen LogP contribution in [0.4, 0.5) is 0 Å². The number of hydrogen-bond donors (Lipinski definition) is 0. The first-order valence-electron chi connectivity index (χ1n) is 16.4. The first-order valence-corrected chi connectivity index (χ1v) is 18.8. The fourth-order valence-corrected chi connectivity index (χ4v) is 9.68. The lowest BCUT2D eigenvalue weighted by molar-refractivity contribution is 0.931. The van der Waals surface area contributed by atoms with E-state index in [2.05, 4.69) is 54.7 Å². The monoisotopic (exact) mass is 686 g/mol. The van der Waals surface area contributed by atoms with Crippen molar-refractivity contribution in [3.8, 4) is 0 Å². The molecular formula is C39H34N4O2S3. The molecule has 2 bridgehead atoms. The minimum absolute atomic E-state index is 0.129. The Hall–Kier alpha value is -4.44. The highest BCUT2D eigenvalue weighted by Crippen LogP contribution is 2.34. The van der Waals surface area contributed by atoms with Gasteiger partial charge in [-0.1, -0.05) is 66.3 Å². The molecule has 7 aromatic heterocycles. The maximum absolute atomic E-state index is 14.3. The Kier molecular flexibility index (Phi) is 8.06. The normalized spacial score (nSPS) is 14.5. The second-order valence-electron chi connectivity index (χ2n) is 12.3. The Morgan fingerprint density at radius 1 is 0.833 bits per heavy atom. The molecule has 7 aromatic rings. The standard InChI is InChI=1S/C39H34N4O2S3/c1-4-6-11-24(10-5-2)15-17-26-21-31-37(47-26)41-35-28-19-14-23(3)34-40-36-30(20-27(46-36)18-16-25-12-8-7-9-13-25)42(34)38(44)32-22-29(28)33(48-32)39(45)43(31)35/h4-6,8,10-14,19-22H,7,9,15-18H2,1-3H3/b6-4-,10-5-,23-14?,24-11+,28-19?. The fourth-order valence-electron chi connectivity index (χ4n) is 6.62. The van der Waals surface area contributed by atoms with Crippen LogP contribution >= 0.6 is 34.0 Å². The molecule has 0 N–H and O–H groups in total. The summed E-state index contributed by atoms with van der Waals surface area (Å²) in [6.45, 7) is 6.04. The molecule has 0 saturated heterocycles. The third-order valence-electron chi connectivity index (χ3n) is 9.01. The Labute approximate surface area is 289 Å². The topological polar surface area (TPSA) is 68.7 Å². The van der Waals surface area contributed by atoms with Crippen LogP contribution in [0.15, 0.2) is 99.7 Å². The molecule has 0 amide bonds. The minimum Gasteiger partial charge on any atom is -0.267 e. The summed E-state index contributed by atoms with van der Waals surface area (Å²) in [6.07, 6.45) is 23.1. The summed E-state index contributed by atoms with van der Waals surface area (Å²) >= 11 is 4.57. The lowest BCUT2D eigenvalue weighted by atomic mass is 10.0. The van der Waals surface area contributed by atoms with E-state index in [-0.39, 0.29) is 11.1 Å². The number of hydrogen-bond acceptors (Lipinski definition) is 7. The fraction of sp³-hybridized carbons (Fsp3) is 0.231. The van der Waals surface area contributed by atoms with Gasteiger partial charge in [-0.3, -0.25) is 18.4 Å². The van der Waals surface area contributed by atoms with Crippen molar-refractivity contribution < 1.29 is 0 Å². The highest BCUT2D eigenvalue weighted by atomic mass is 32.1. The van der Waals surface area contributed by atoms with Gasteiger partial charge < -0.3 is 0 Å². The molecule has 8 rings (SSSR count). The van der Waals surface area contributed by atoms with Gasteiger partial charge in [-0.05, 0) is 88.6 Å². The summed E-state index contributed by atoms with van der Waals surface area (Å²) in [4.78, 5) is 42.6. The van der Waals surface area contributed by atoms with Crippen LogP contribution in [0.25, 0.3) is 52.2 Å². The molecule has 48 heavy (non-hydrogen) atoms. The van der Waals surface area contributed by atoms with E-state index in [0.717, 1.165) is 75.6 Å². The highest BCUT2D eigenvalue weighted by Gasteiger charge is 2.20. The number of thiophene rings is 3. The molecule has 9 heteroatoms. The van der Waals surface area contributed by atoms with E-state index < -0.39 is 0 Å². The Morgan fingerprint density at radius 2 is 1.58 bits per heavy atom. The van der Waals surface area contributed by atoms with Gasteiger partial charge in [0.05, 0.1) is 15.7 Å². The third-order valence-corrected chi connectivity index (χ3v) is 12.3. The number of aryl methyl sites for hydroxylation is 3. The van der Waals surface area contributed by atoms with Gasteiger partial charge in [0.25, 0.3) is 11.1 Å². The van der Waals surface area contributed by atoms with Gasteiger partial charge >= 0.3 is 0 Å². The molecule has 0 fully saturated rings. The molecule has 1 aliphatic carbocycles. The van der Waals surface area contributed by atoms with E-state index in [1.54, 1.807) is 31.5 Å². The number of nitrogens with zero attached hydrogens (tertiary/aromatic N) is 4. The number of aromatic nitrogens is 4. The van der Waals surface area contributed by atoms with Crippen molar-refractivity contribution in [3.63, 3.8) is 0 Å². The Morgan fingerprint density at radius 3 is 2.31 bits per heavy atom. The summed E-state index contributed by atoms with van der Waals surface area (Å²) in [5, 5.41) is 1.62. The van der Waals surface area contributed by atoms with Crippen LogP contribution in [0.1, 0.15) is 54.8 Å². The maximum Gasteiger partial charge on any atom is 0.274 e. The largest absolute Gasteiger partial charge is 0.274 e. The molecule has 0 aromatic carbocycles. The van der Waals surface area contributed by atoms with Crippen molar-refractivity contribution in [2.45, 2.75) is 59.3 Å². The van der Waals surface area contributed by atoms with Crippen molar-refractivity contribution in [1.82, 2.24) is 18.8 Å². The van der Waals surface area contributed by atoms with E-state index in [1.165, 1.54) is 32.2 Å². The van der Waals surface area contributed by atoms with Crippen LogP contribution in [-0.2, 0) is 12.8 Å². The molecule has 0 atom stereocenters. The maximum atomic E-state index is 14.3. The number of imidazole rings is 2. The van der Waals surface area contributed by atoms with Gasteiger partial charge in [0.1, 0.15) is 25.7 Å². The number of fused-ring (bicyclic) bond motifs is 8. The first kappa shape index (κ1) is 30.9. The van der Waals surface area contributed by atoms with Gasteiger partial charge in [0.15, 0.2) is 0 Å². The number of rotatable bonds is 8. The summed E-state index contributed by atoms with van der Waals surface area (Å²) < 4.78 is 4.59. The Bertz CT molecular complexity index is 2710. The molecule has 240 valence electrons. The Balaban J connectivity index is 1.26. The summed E-state index contributed by atoms with van der Waals surface area (Å²) in [5.41, 5.74) is 6.15. The van der Waals surface area contributed by atoms with Crippen LogP contribution in [0.5, 0.6) is 0 Å². The van der Waals surface area contributed by atoms with E-state index in [0.29, 0.717) is 20.7 Å². The van der Waals surface area contributed by atoms with E-state index in [9.17, 15) is 9.59 Å². The van der Waals surface area contributed by atoms with Gasteiger partial charge in [0.2, 0.25) is 0 Å². The predicted octanol–water partition coefficient (Wildman–Crippen LogP) is 10.0. The second kappa shape index (κ2) is 12.5. The molecule has 7 heterocycles. The summed E-state index contributed by atoms with van der Waals surface area (Å²) in [7, 11) is 0.